The van der Waals surface area contributed by atoms with E-state index in [1.165, 1.54) is 11.3 Å². The second-order valence-electron chi connectivity index (χ2n) is 5.13. The second kappa shape index (κ2) is 7.40. The summed E-state index contributed by atoms with van der Waals surface area (Å²) in [5.74, 6) is -0.0851. The molecule has 0 unspecified atom stereocenters. The number of hydrogen-bond donors (Lipinski definition) is 2. The topological polar surface area (TPSA) is 61.4 Å². The Labute approximate surface area is 123 Å². The fourth-order valence-electron chi connectivity index (χ4n) is 2.24. The number of carbonyl (C=O) groups is 2. The first-order valence-electron chi connectivity index (χ1n) is 6.95. The van der Waals surface area contributed by atoms with Crippen molar-refractivity contribution in [1.82, 2.24) is 15.5 Å². The Balaban J connectivity index is 1.62. The molecule has 0 saturated carbocycles. The minimum Gasteiger partial charge on any atom is -0.353 e. The minimum atomic E-state index is -0.105. The molecule has 0 radical (unpaired) electrons. The Morgan fingerprint density at radius 2 is 2.15 bits per heavy atom. The molecule has 2 amide bonds. The van der Waals surface area contributed by atoms with Crippen molar-refractivity contribution >= 4 is 23.2 Å². The van der Waals surface area contributed by atoms with Crippen LogP contribution in [0.1, 0.15) is 28.9 Å². The first-order chi connectivity index (χ1) is 9.65. The highest BCUT2D eigenvalue weighted by Crippen LogP contribution is 2.09. The third-order valence-corrected chi connectivity index (χ3v) is 4.33. The van der Waals surface area contributed by atoms with E-state index >= 15 is 0 Å². The van der Waals surface area contributed by atoms with Crippen LogP contribution < -0.4 is 10.6 Å². The van der Waals surface area contributed by atoms with Gasteiger partial charge in [0.25, 0.3) is 5.91 Å². The molecule has 6 heteroatoms. The van der Waals surface area contributed by atoms with Gasteiger partial charge >= 0.3 is 0 Å². The molecule has 2 rings (SSSR count). The van der Waals surface area contributed by atoms with Gasteiger partial charge in [-0.15, -0.1) is 11.3 Å². The highest BCUT2D eigenvalue weighted by Gasteiger charge is 2.18. The van der Waals surface area contributed by atoms with Crippen LogP contribution in [-0.2, 0) is 4.79 Å². The van der Waals surface area contributed by atoms with Crippen LogP contribution in [0.3, 0.4) is 0 Å². The van der Waals surface area contributed by atoms with E-state index in [0.29, 0.717) is 17.8 Å². The molecule has 1 aromatic heterocycles. The molecular formula is C14H21N3O2S. The maximum absolute atomic E-state index is 11.8. The van der Waals surface area contributed by atoms with Gasteiger partial charge in [-0.2, -0.15) is 0 Å². The SMILES string of the molecule is CN1CCC(NC(=O)CCNC(=O)c2cccs2)CC1. The quantitative estimate of drug-likeness (QED) is 0.854. The van der Waals surface area contributed by atoms with E-state index in [1.807, 2.05) is 11.4 Å². The van der Waals surface area contributed by atoms with Crippen LogP contribution >= 0.6 is 11.3 Å². The average Bonchev–Trinajstić information content (AvgIpc) is 2.95. The Hall–Kier alpha value is -1.40. The molecule has 20 heavy (non-hydrogen) atoms. The monoisotopic (exact) mass is 295 g/mol. The summed E-state index contributed by atoms with van der Waals surface area (Å²) < 4.78 is 0. The first-order valence-corrected chi connectivity index (χ1v) is 7.83. The molecule has 1 aliphatic heterocycles. The van der Waals surface area contributed by atoms with Gasteiger partial charge in [-0.1, -0.05) is 6.07 Å². The standard InChI is InChI=1S/C14H21N3O2S/c1-17-8-5-11(6-9-17)16-13(18)4-7-15-14(19)12-3-2-10-20-12/h2-3,10-11H,4-9H2,1H3,(H,15,19)(H,16,18). The molecule has 0 aliphatic carbocycles. The normalized spacial score (nSPS) is 16.9. The second-order valence-corrected chi connectivity index (χ2v) is 6.08. The summed E-state index contributed by atoms with van der Waals surface area (Å²) >= 11 is 1.40. The Morgan fingerprint density at radius 1 is 1.40 bits per heavy atom. The van der Waals surface area contributed by atoms with E-state index in [0.717, 1.165) is 25.9 Å². The van der Waals surface area contributed by atoms with Crippen LogP contribution in [0.15, 0.2) is 17.5 Å². The highest BCUT2D eigenvalue weighted by molar-refractivity contribution is 7.12. The van der Waals surface area contributed by atoms with Crippen molar-refractivity contribution in [3.63, 3.8) is 0 Å². The van der Waals surface area contributed by atoms with E-state index in [4.69, 9.17) is 0 Å². The molecule has 0 aromatic carbocycles. The Kier molecular flexibility index (Phi) is 5.55. The summed E-state index contributed by atoms with van der Waals surface area (Å²) in [6.45, 7) is 2.44. The highest BCUT2D eigenvalue weighted by atomic mass is 32.1. The predicted octanol–water partition coefficient (Wildman–Crippen LogP) is 1.08. The lowest BCUT2D eigenvalue weighted by Gasteiger charge is -2.29. The first kappa shape index (κ1) is 15.0. The van der Waals surface area contributed by atoms with Gasteiger partial charge < -0.3 is 15.5 Å². The summed E-state index contributed by atoms with van der Waals surface area (Å²) in [6.07, 6.45) is 2.34. The molecule has 0 bridgehead atoms. The maximum atomic E-state index is 11.8. The van der Waals surface area contributed by atoms with Gasteiger partial charge in [0, 0.05) is 19.0 Å². The summed E-state index contributed by atoms with van der Waals surface area (Å²) in [5.41, 5.74) is 0. The van der Waals surface area contributed by atoms with E-state index < -0.39 is 0 Å². The molecule has 1 saturated heterocycles. The molecule has 2 heterocycles. The molecular weight excluding hydrogens is 274 g/mol. The molecule has 5 nitrogen and oxygen atoms in total. The molecule has 1 aromatic rings. The zero-order chi connectivity index (χ0) is 14.4. The van der Waals surface area contributed by atoms with Crippen LogP contribution in [0.4, 0.5) is 0 Å². The van der Waals surface area contributed by atoms with E-state index in [2.05, 4.69) is 22.6 Å². The third-order valence-electron chi connectivity index (χ3n) is 3.47. The number of likely N-dealkylation sites (tertiary alicyclic amines) is 1. The van der Waals surface area contributed by atoms with Gasteiger partial charge in [-0.05, 0) is 44.4 Å². The van der Waals surface area contributed by atoms with Crippen molar-refractivity contribution in [1.29, 1.82) is 0 Å². The summed E-state index contributed by atoms with van der Waals surface area (Å²) in [6, 6.07) is 3.90. The van der Waals surface area contributed by atoms with Gasteiger partial charge in [0.2, 0.25) is 5.91 Å². The number of piperidine rings is 1. The van der Waals surface area contributed by atoms with Crippen molar-refractivity contribution < 1.29 is 9.59 Å². The predicted molar refractivity (Wildman–Crippen MR) is 79.9 cm³/mol. The van der Waals surface area contributed by atoms with E-state index in [9.17, 15) is 9.59 Å². The Morgan fingerprint density at radius 3 is 2.80 bits per heavy atom. The van der Waals surface area contributed by atoms with Crippen LogP contribution in [0.5, 0.6) is 0 Å². The van der Waals surface area contributed by atoms with Gasteiger partial charge in [-0.3, -0.25) is 9.59 Å². The lowest BCUT2D eigenvalue weighted by atomic mass is 10.1. The number of carbonyl (C=O) groups excluding carboxylic acids is 2. The number of amides is 2. The minimum absolute atomic E-state index is 0.0195. The largest absolute Gasteiger partial charge is 0.353 e. The number of nitrogens with zero attached hydrogens (tertiary/aromatic N) is 1. The van der Waals surface area contributed by atoms with Crippen molar-refractivity contribution in [2.45, 2.75) is 25.3 Å². The number of hydrogen-bond acceptors (Lipinski definition) is 4. The smallest absolute Gasteiger partial charge is 0.261 e. The van der Waals surface area contributed by atoms with Crippen molar-refractivity contribution in [2.75, 3.05) is 26.7 Å². The van der Waals surface area contributed by atoms with Crippen LogP contribution in [0, 0.1) is 0 Å². The lowest BCUT2D eigenvalue weighted by molar-refractivity contribution is -0.121. The fourth-order valence-corrected chi connectivity index (χ4v) is 2.88. The van der Waals surface area contributed by atoms with Gasteiger partial charge in [0.05, 0.1) is 4.88 Å². The number of rotatable bonds is 5. The van der Waals surface area contributed by atoms with Crippen molar-refractivity contribution in [3.05, 3.63) is 22.4 Å². The summed E-state index contributed by atoms with van der Waals surface area (Å²) in [5, 5.41) is 7.66. The van der Waals surface area contributed by atoms with Crippen LogP contribution in [-0.4, -0.2) is 49.4 Å². The van der Waals surface area contributed by atoms with E-state index in [-0.39, 0.29) is 17.9 Å². The average molecular weight is 295 g/mol. The maximum Gasteiger partial charge on any atom is 0.261 e. The van der Waals surface area contributed by atoms with Crippen LogP contribution in [0.2, 0.25) is 0 Å². The van der Waals surface area contributed by atoms with Crippen molar-refractivity contribution in [2.24, 2.45) is 0 Å². The molecule has 110 valence electrons. The van der Waals surface area contributed by atoms with Crippen LogP contribution in [0.25, 0.3) is 0 Å². The third kappa shape index (κ3) is 4.61. The zero-order valence-electron chi connectivity index (χ0n) is 11.7. The molecule has 1 fully saturated rings. The van der Waals surface area contributed by atoms with Crippen molar-refractivity contribution in [3.8, 4) is 0 Å². The van der Waals surface area contributed by atoms with Gasteiger partial charge in [0.1, 0.15) is 0 Å². The van der Waals surface area contributed by atoms with Gasteiger partial charge in [-0.25, -0.2) is 0 Å². The molecule has 2 N–H and O–H groups in total. The van der Waals surface area contributed by atoms with E-state index in [1.54, 1.807) is 6.07 Å². The summed E-state index contributed by atoms with van der Waals surface area (Å²) in [7, 11) is 2.10. The number of nitrogens with one attached hydrogen (secondary N) is 2. The Bertz CT molecular complexity index is 439. The summed E-state index contributed by atoms with van der Waals surface area (Å²) in [4.78, 5) is 26.4. The van der Waals surface area contributed by atoms with Gasteiger partial charge in [0.15, 0.2) is 0 Å². The lowest BCUT2D eigenvalue weighted by Crippen LogP contribution is -2.44. The molecule has 0 atom stereocenters. The molecule has 0 spiro atoms. The zero-order valence-corrected chi connectivity index (χ0v) is 12.5. The number of thiophene rings is 1. The molecule has 1 aliphatic rings. The fraction of sp³-hybridized carbons (Fsp3) is 0.571.